The Labute approximate surface area is 203 Å². The van der Waals surface area contributed by atoms with Gasteiger partial charge in [-0.25, -0.2) is 9.97 Å². The van der Waals surface area contributed by atoms with Crippen LogP contribution < -0.4 is 5.32 Å². The predicted molar refractivity (Wildman–Crippen MR) is 133 cm³/mol. The van der Waals surface area contributed by atoms with Gasteiger partial charge in [-0.2, -0.15) is 0 Å². The minimum Gasteiger partial charge on any atom is -0.350 e. The Morgan fingerprint density at radius 3 is 2.55 bits per heavy atom. The number of hydrogen-bond acceptors (Lipinski definition) is 6. The summed E-state index contributed by atoms with van der Waals surface area (Å²) in [6.45, 7) is 9.10. The number of benzene rings is 1. The zero-order valence-corrected chi connectivity index (χ0v) is 21.1. The summed E-state index contributed by atoms with van der Waals surface area (Å²) in [6.07, 6.45) is 1.54. The minimum atomic E-state index is -0.418. The van der Waals surface area contributed by atoms with Crippen LogP contribution in [0.25, 0.3) is 10.4 Å². The van der Waals surface area contributed by atoms with Crippen molar-refractivity contribution in [2.24, 2.45) is 5.92 Å². The van der Waals surface area contributed by atoms with E-state index >= 15 is 0 Å². The fourth-order valence-corrected chi connectivity index (χ4v) is 6.20. The van der Waals surface area contributed by atoms with E-state index < -0.39 is 6.04 Å². The molecule has 1 aliphatic rings. The molecule has 3 aromatic rings. The van der Waals surface area contributed by atoms with Crippen molar-refractivity contribution in [2.45, 2.75) is 59.0 Å². The van der Waals surface area contributed by atoms with Crippen molar-refractivity contribution in [3.63, 3.8) is 0 Å². The monoisotopic (exact) mass is 482 g/mol. The van der Waals surface area contributed by atoms with Crippen LogP contribution in [0.1, 0.15) is 54.6 Å². The van der Waals surface area contributed by atoms with Crippen LogP contribution in [0.4, 0.5) is 0 Å². The van der Waals surface area contributed by atoms with Gasteiger partial charge in [-0.05, 0) is 43.7 Å². The number of amides is 2. The van der Waals surface area contributed by atoms with Crippen LogP contribution in [-0.2, 0) is 16.1 Å². The SMILES string of the molecule is Cc1csc(C(C(=O)N2CCCC2C(=O)NCc2ccc(-c3scnc3C)cc2)C(C)C)n1. The van der Waals surface area contributed by atoms with E-state index in [4.69, 9.17) is 0 Å². The molecule has 4 rings (SSSR count). The van der Waals surface area contributed by atoms with E-state index in [1.54, 1.807) is 16.2 Å². The number of nitrogens with zero attached hydrogens (tertiary/aromatic N) is 3. The first kappa shape index (κ1) is 23.6. The number of rotatable bonds is 7. The molecule has 1 aromatic carbocycles. The smallest absolute Gasteiger partial charge is 0.243 e. The highest BCUT2D eigenvalue weighted by Crippen LogP contribution is 2.32. The van der Waals surface area contributed by atoms with Crippen LogP contribution in [0.5, 0.6) is 0 Å². The van der Waals surface area contributed by atoms with Gasteiger partial charge in [-0.15, -0.1) is 22.7 Å². The molecule has 0 radical (unpaired) electrons. The van der Waals surface area contributed by atoms with E-state index in [2.05, 4.69) is 27.4 Å². The first-order valence-corrected chi connectivity index (χ1v) is 13.1. The average Bonchev–Trinajstić information content (AvgIpc) is 3.53. The van der Waals surface area contributed by atoms with E-state index in [0.717, 1.165) is 33.9 Å². The van der Waals surface area contributed by atoms with Crippen LogP contribution in [0.2, 0.25) is 0 Å². The Balaban J connectivity index is 1.40. The van der Waals surface area contributed by atoms with Gasteiger partial charge >= 0.3 is 0 Å². The molecule has 2 aromatic heterocycles. The highest BCUT2D eigenvalue weighted by Gasteiger charge is 2.39. The minimum absolute atomic E-state index is 0.0151. The van der Waals surface area contributed by atoms with Crippen LogP contribution in [0, 0.1) is 19.8 Å². The lowest BCUT2D eigenvalue weighted by molar-refractivity contribution is -0.140. The molecule has 0 spiro atoms. The molecule has 1 aliphatic heterocycles. The Morgan fingerprint density at radius 2 is 1.94 bits per heavy atom. The third-order valence-corrected chi connectivity index (χ3v) is 8.13. The van der Waals surface area contributed by atoms with Gasteiger partial charge in [0.2, 0.25) is 11.8 Å². The quantitative estimate of drug-likeness (QED) is 0.518. The van der Waals surface area contributed by atoms with Crippen molar-refractivity contribution >= 4 is 34.5 Å². The molecule has 2 atom stereocenters. The maximum Gasteiger partial charge on any atom is 0.243 e. The third-order valence-electron chi connectivity index (χ3n) is 6.10. The summed E-state index contributed by atoms with van der Waals surface area (Å²) < 4.78 is 0. The molecule has 33 heavy (non-hydrogen) atoms. The molecule has 6 nitrogen and oxygen atoms in total. The van der Waals surface area contributed by atoms with E-state index in [9.17, 15) is 9.59 Å². The van der Waals surface area contributed by atoms with Crippen molar-refractivity contribution < 1.29 is 9.59 Å². The maximum atomic E-state index is 13.5. The van der Waals surface area contributed by atoms with Crippen LogP contribution in [0.3, 0.4) is 0 Å². The number of aromatic nitrogens is 2. The first-order chi connectivity index (χ1) is 15.8. The Morgan fingerprint density at radius 1 is 1.18 bits per heavy atom. The summed E-state index contributed by atoms with van der Waals surface area (Å²) in [5.74, 6) is -0.254. The van der Waals surface area contributed by atoms with Gasteiger partial charge in [0.25, 0.3) is 0 Å². The van der Waals surface area contributed by atoms with Gasteiger partial charge < -0.3 is 10.2 Å². The molecule has 0 aliphatic carbocycles. The normalized spacial score (nSPS) is 16.9. The lowest BCUT2D eigenvalue weighted by Crippen LogP contribution is -2.47. The predicted octanol–water partition coefficient (Wildman–Crippen LogP) is 4.93. The zero-order chi connectivity index (χ0) is 23.5. The van der Waals surface area contributed by atoms with Crippen molar-refractivity contribution in [3.05, 3.63) is 57.1 Å². The van der Waals surface area contributed by atoms with Gasteiger partial charge in [0.1, 0.15) is 11.0 Å². The van der Waals surface area contributed by atoms with E-state index in [-0.39, 0.29) is 23.7 Å². The lowest BCUT2D eigenvalue weighted by atomic mass is 9.94. The molecular weight excluding hydrogens is 452 g/mol. The van der Waals surface area contributed by atoms with Crippen molar-refractivity contribution in [1.29, 1.82) is 0 Å². The third kappa shape index (κ3) is 5.17. The summed E-state index contributed by atoms with van der Waals surface area (Å²) >= 11 is 3.16. The number of thiazole rings is 2. The molecule has 8 heteroatoms. The molecule has 1 N–H and O–H groups in total. The van der Waals surface area contributed by atoms with Crippen molar-refractivity contribution in [2.75, 3.05) is 6.54 Å². The van der Waals surface area contributed by atoms with Gasteiger partial charge in [0, 0.05) is 24.2 Å². The van der Waals surface area contributed by atoms with Crippen molar-refractivity contribution in [3.8, 4) is 10.4 Å². The fraction of sp³-hybridized carbons (Fsp3) is 0.440. The standard InChI is InChI=1S/C25H30N4O2S2/c1-15(2)21(24-28-16(3)13-32-24)25(31)29-11-5-6-20(29)23(30)26-12-18-7-9-19(10-8-18)22-17(4)27-14-33-22/h7-10,13-15,20-21H,5-6,11-12H2,1-4H3,(H,26,30). The zero-order valence-electron chi connectivity index (χ0n) is 19.5. The molecule has 0 bridgehead atoms. The van der Waals surface area contributed by atoms with Gasteiger partial charge in [0.05, 0.1) is 22.0 Å². The molecule has 174 valence electrons. The number of carbonyl (C=O) groups is 2. The molecular formula is C25H30N4O2S2. The molecule has 2 amide bonds. The topological polar surface area (TPSA) is 75.2 Å². The Bertz CT molecular complexity index is 1120. The highest BCUT2D eigenvalue weighted by atomic mass is 32.1. The van der Waals surface area contributed by atoms with Crippen molar-refractivity contribution in [1.82, 2.24) is 20.2 Å². The molecule has 1 saturated heterocycles. The largest absolute Gasteiger partial charge is 0.350 e. The van der Waals surface area contributed by atoms with Crippen LogP contribution in [0.15, 0.2) is 35.2 Å². The second-order valence-corrected chi connectivity index (χ2v) is 10.7. The number of likely N-dealkylation sites (tertiary alicyclic amines) is 1. The van der Waals surface area contributed by atoms with Gasteiger partial charge in [-0.3, -0.25) is 9.59 Å². The summed E-state index contributed by atoms with van der Waals surface area (Å²) in [5, 5.41) is 5.87. The summed E-state index contributed by atoms with van der Waals surface area (Å²) in [7, 11) is 0. The second-order valence-electron chi connectivity index (χ2n) is 8.92. The number of hydrogen-bond donors (Lipinski definition) is 1. The first-order valence-electron chi connectivity index (χ1n) is 11.3. The number of aryl methyl sites for hydroxylation is 2. The Hall–Kier alpha value is -2.58. The Kier molecular flexibility index (Phi) is 7.24. The van der Waals surface area contributed by atoms with Gasteiger partial charge in [-0.1, -0.05) is 38.1 Å². The van der Waals surface area contributed by atoms with E-state index in [1.165, 1.54) is 16.2 Å². The molecule has 1 fully saturated rings. The van der Waals surface area contributed by atoms with Crippen LogP contribution >= 0.6 is 22.7 Å². The average molecular weight is 483 g/mol. The lowest BCUT2D eigenvalue weighted by Gasteiger charge is -2.29. The second kappa shape index (κ2) is 10.1. The molecule has 0 saturated carbocycles. The fourth-order valence-electron chi connectivity index (χ4n) is 4.33. The van der Waals surface area contributed by atoms with Crippen LogP contribution in [-0.4, -0.2) is 39.3 Å². The van der Waals surface area contributed by atoms with E-state index in [1.807, 2.05) is 50.7 Å². The maximum absolute atomic E-state index is 13.5. The highest BCUT2D eigenvalue weighted by molar-refractivity contribution is 7.13. The van der Waals surface area contributed by atoms with E-state index in [0.29, 0.717) is 19.5 Å². The summed E-state index contributed by atoms with van der Waals surface area (Å²) in [5.41, 5.74) is 5.98. The number of carbonyl (C=O) groups excluding carboxylic acids is 2. The summed E-state index contributed by atoms with van der Waals surface area (Å²) in [6, 6.07) is 7.78. The summed E-state index contributed by atoms with van der Waals surface area (Å²) in [4.78, 5) is 38.3. The molecule has 2 unspecified atom stereocenters. The van der Waals surface area contributed by atoms with Gasteiger partial charge in [0.15, 0.2) is 0 Å². The number of nitrogens with one attached hydrogen (secondary N) is 1. The molecule has 3 heterocycles.